The summed E-state index contributed by atoms with van der Waals surface area (Å²) in [7, 11) is 0. The Morgan fingerprint density at radius 2 is 2.05 bits per heavy atom. The van der Waals surface area contributed by atoms with Gasteiger partial charge in [-0.15, -0.1) is 0 Å². The summed E-state index contributed by atoms with van der Waals surface area (Å²) in [6, 6.07) is 5.65. The monoisotopic (exact) mass is 296 g/mol. The fraction of sp³-hybridized carbons (Fsp3) is 0.533. The highest BCUT2D eigenvalue weighted by Gasteiger charge is 2.28. The molecule has 21 heavy (non-hydrogen) atoms. The number of ether oxygens (including phenoxy) is 1. The lowest BCUT2D eigenvalue weighted by Crippen LogP contribution is -2.37. The van der Waals surface area contributed by atoms with Crippen molar-refractivity contribution in [3.63, 3.8) is 0 Å². The fourth-order valence-electron chi connectivity index (χ4n) is 1.81. The number of hydrogen-bond donors (Lipinski definition) is 3. The molecule has 0 spiro atoms. The van der Waals surface area contributed by atoms with E-state index in [1.54, 1.807) is 0 Å². The van der Waals surface area contributed by atoms with Crippen LogP contribution in [-0.4, -0.2) is 43.4 Å². The van der Waals surface area contributed by atoms with E-state index in [2.05, 4.69) is 10.6 Å². The van der Waals surface area contributed by atoms with Crippen molar-refractivity contribution in [3.05, 3.63) is 30.1 Å². The van der Waals surface area contributed by atoms with Gasteiger partial charge in [0.05, 0.1) is 0 Å². The first-order valence-electron chi connectivity index (χ1n) is 7.20. The molecule has 6 heteroatoms. The number of aliphatic hydroxyl groups is 1. The normalized spacial score (nSPS) is 15.5. The molecular formula is C15H21FN2O3. The lowest BCUT2D eigenvalue weighted by molar-refractivity contribution is -0.122. The second-order valence-electron chi connectivity index (χ2n) is 5.19. The van der Waals surface area contributed by atoms with Crippen LogP contribution in [0, 0.1) is 11.7 Å². The zero-order valence-electron chi connectivity index (χ0n) is 11.8. The molecule has 0 saturated heterocycles. The summed E-state index contributed by atoms with van der Waals surface area (Å²) in [6.07, 6.45) is 1.34. The first-order chi connectivity index (χ1) is 10.1. The number of aliphatic hydroxyl groups excluding tert-OH is 1. The number of halogens is 1. The Morgan fingerprint density at radius 1 is 1.33 bits per heavy atom. The standard InChI is InChI=1S/C15H21FN2O3/c16-12-3-5-14(6-4-12)21-10-13(19)9-17-7-8-18-15(20)11-1-2-11/h3-6,11,13,17,19H,1-2,7-10H2,(H,18,20). The topological polar surface area (TPSA) is 70.6 Å². The van der Waals surface area contributed by atoms with Crippen LogP contribution in [0.15, 0.2) is 24.3 Å². The van der Waals surface area contributed by atoms with Gasteiger partial charge in [-0.25, -0.2) is 4.39 Å². The lowest BCUT2D eigenvalue weighted by atomic mass is 10.3. The summed E-state index contributed by atoms with van der Waals surface area (Å²) in [5.74, 6) is 0.543. The molecule has 2 rings (SSSR count). The molecule has 0 aliphatic heterocycles. The van der Waals surface area contributed by atoms with Crippen LogP contribution in [-0.2, 0) is 4.79 Å². The maximum atomic E-state index is 12.7. The van der Waals surface area contributed by atoms with Crippen LogP contribution in [0.3, 0.4) is 0 Å². The van der Waals surface area contributed by atoms with Crippen LogP contribution in [0.25, 0.3) is 0 Å². The second kappa shape index (κ2) is 7.95. The first-order valence-corrected chi connectivity index (χ1v) is 7.20. The van der Waals surface area contributed by atoms with E-state index in [0.717, 1.165) is 12.8 Å². The summed E-state index contributed by atoms with van der Waals surface area (Å²) in [5, 5.41) is 15.6. The highest BCUT2D eigenvalue weighted by Crippen LogP contribution is 2.28. The SMILES string of the molecule is O=C(NCCNCC(O)COc1ccc(F)cc1)C1CC1. The van der Waals surface area contributed by atoms with Crippen LogP contribution in [0.5, 0.6) is 5.75 Å². The molecule has 1 aromatic carbocycles. The highest BCUT2D eigenvalue weighted by molar-refractivity contribution is 5.80. The van der Waals surface area contributed by atoms with Gasteiger partial charge in [-0.1, -0.05) is 0 Å². The van der Waals surface area contributed by atoms with Gasteiger partial charge in [-0.05, 0) is 37.1 Å². The predicted molar refractivity (Wildman–Crippen MR) is 76.5 cm³/mol. The molecule has 1 aliphatic rings. The predicted octanol–water partition coefficient (Wildman–Crippen LogP) is 0.681. The molecular weight excluding hydrogens is 275 g/mol. The van der Waals surface area contributed by atoms with E-state index in [1.165, 1.54) is 24.3 Å². The smallest absolute Gasteiger partial charge is 0.223 e. The zero-order valence-corrected chi connectivity index (χ0v) is 11.8. The number of hydrogen-bond acceptors (Lipinski definition) is 4. The maximum Gasteiger partial charge on any atom is 0.223 e. The minimum atomic E-state index is -0.658. The zero-order chi connectivity index (χ0) is 15.1. The minimum absolute atomic E-state index is 0.122. The third-order valence-corrected chi connectivity index (χ3v) is 3.19. The molecule has 0 bridgehead atoms. The molecule has 1 aromatic rings. The van der Waals surface area contributed by atoms with Crippen molar-refractivity contribution in [1.82, 2.24) is 10.6 Å². The number of benzene rings is 1. The Morgan fingerprint density at radius 3 is 2.71 bits per heavy atom. The molecule has 5 nitrogen and oxygen atoms in total. The largest absolute Gasteiger partial charge is 0.491 e. The Kier molecular flexibility index (Phi) is 5.95. The molecule has 3 N–H and O–H groups in total. The highest BCUT2D eigenvalue weighted by atomic mass is 19.1. The summed E-state index contributed by atoms with van der Waals surface area (Å²) in [5.41, 5.74) is 0. The van der Waals surface area contributed by atoms with Crippen LogP contribution < -0.4 is 15.4 Å². The van der Waals surface area contributed by atoms with E-state index in [1.807, 2.05) is 0 Å². The number of carbonyl (C=O) groups excluding carboxylic acids is 1. The average Bonchev–Trinajstić information content (AvgIpc) is 3.31. The third kappa shape index (κ3) is 6.10. The summed E-state index contributed by atoms with van der Waals surface area (Å²) >= 11 is 0. The van der Waals surface area contributed by atoms with Crippen LogP contribution >= 0.6 is 0 Å². The number of carbonyl (C=O) groups is 1. The van der Waals surface area contributed by atoms with E-state index in [4.69, 9.17) is 4.74 Å². The quantitative estimate of drug-likeness (QED) is 0.586. The van der Waals surface area contributed by atoms with Crippen molar-refractivity contribution >= 4 is 5.91 Å². The van der Waals surface area contributed by atoms with Crippen molar-refractivity contribution in [1.29, 1.82) is 0 Å². The van der Waals surface area contributed by atoms with Gasteiger partial charge in [0.2, 0.25) is 5.91 Å². The van der Waals surface area contributed by atoms with E-state index in [-0.39, 0.29) is 24.2 Å². The number of rotatable bonds is 9. The molecule has 1 unspecified atom stereocenters. The molecule has 1 amide bonds. The van der Waals surface area contributed by atoms with Gasteiger partial charge in [0.25, 0.3) is 0 Å². The van der Waals surface area contributed by atoms with Crippen LogP contribution in [0.2, 0.25) is 0 Å². The molecule has 1 saturated carbocycles. The second-order valence-corrected chi connectivity index (χ2v) is 5.19. The minimum Gasteiger partial charge on any atom is -0.491 e. The van der Waals surface area contributed by atoms with Gasteiger partial charge < -0.3 is 20.5 Å². The summed E-state index contributed by atoms with van der Waals surface area (Å²) in [6.45, 7) is 1.67. The van der Waals surface area contributed by atoms with Crippen molar-refractivity contribution in [3.8, 4) is 5.75 Å². The van der Waals surface area contributed by atoms with Gasteiger partial charge >= 0.3 is 0 Å². The van der Waals surface area contributed by atoms with Gasteiger partial charge in [0.15, 0.2) is 0 Å². The first kappa shape index (κ1) is 15.7. The molecule has 0 heterocycles. The van der Waals surface area contributed by atoms with Gasteiger partial charge in [0, 0.05) is 25.6 Å². The molecule has 0 radical (unpaired) electrons. The number of amides is 1. The van der Waals surface area contributed by atoms with E-state index < -0.39 is 6.10 Å². The van der Waals surface area contributed by atoms with Crippen molar-refractivity contribution in [2.75, 3.05) is 26.2 Å². The molecule has 1 aliphatic carbocycles. The lowest BCUT2D eigenvalue weighted by Gasteiger charge is -2.13. The van der Waals surface area contributed by atoms with E-state index >= 15 is 0 Å². The van der Waals surface area contributed by atoms with Gasteiger partial charge in [-0.3, -0.25) is 4.79 Å². The molecule has 1 atom stereocenters. The van der Waals surface area contributed by atoms with Crippen molar-refractivity contribution in [2.45, 2.75) is 18.9 Å². The van der Waals surface area contributed by atoms with E-state index in [9.17, 15) is 14.3 Å². The van der Waals surface area contributed by atoms with Gasteiger partial charge in [0.1, 0.15) is 24.3 Å². The van der Waals surface area contributed by atoms with Crippen molar-refractivity contribution in [2.24, 2.45) is 5.92 Å². The Bertz CT molecular complexity index is 449. The van der Waals surface area contributed by atoms with Gasteiger partial charge in [-0.2, -0.15) is 0 Å². The van der Waals surface area contributed by atoms with E-state index in [0.29, 0.717) is 25.4 Å². The third-order valence-electron chi connectivity index (χ3n) is 3.19. The average molecular weight is 296 g/mol. The Labute approximate surface area is 123 Å². The number of nitrogens with one attached hydrogen (secondary N) is 2. The molecule has 0 aromatic heterocycles. The Hall–Kier alpha value is -1.66. The fourth-order valence-corrected chi connectivity index (χ4v) is 1.81. The van der Waals surface area contributed by atoms with Crippen molar-refractivity contribution < 1.29 is 19.0 Å². The molecule has 116 valence electrons. The van der Waals surface area contributed by atoms with Crippen LogP contribution in [0.1, 0.15) is 12.8 Å². The maximum absolute atomic E-state index is 12.7. The van der Waals surface area contributed by atoms with Crippen LogP contribution in [0.4, 0.5) is 4.39 Å². The summed E-state index contributed by atoms with van der Waals surface area (Å²) < 4.78 is 18.0. The summed E-state index contributed by atoms with van der Waals surface area (Å²) in [4.78, 5) is 11.4. The Balaban J connectivity index is 1.50. The molecule has 1 fully saturated rings.